The molecule has 1 aliphatic rings. The number of hydrogen-bond donors (Lipinski definition) is 1. The molecule has 0 fully saturated rings. The van der Waals surface area contributed by atoms with Crippen LogP contribution in [0.15, 0.2) is 66.7 Å². The number of carbonyl (C=O) groups excluding carboxylic acids is 3. The molecule has 0 bridgehead atoms. The van der Waals surface area contributed by atoms with E-state index in [0.717, 1.165) is 4.90 Å². The van der Waals surface area contributed by atoms with Crippen LogP contribution in [0.2, 0.25) is 0 Å². The van der Waals surface area contributed by atoms with Gasteiger partial charge < -0.3 is 19.5 Å². The zero-order chi connectivity index (χ0) is 22.7. The Kier molecular flexibility index (Phi) is 5.76. The normalized spacial score (nSPS) is 12.4. The molecule has 32 heavy (non-hydrogen) atoms. The number of imide groups is 1. The smallest absolute Gasteiger partial charge is 0.266 e. The molecule has 0 radical (unpaired) electrons. The number of amides is 3. The minimum Gasteiger partial charge on any atom is -0.497 e. The van der Waals surface area contributed by atoms with E-state index in [0.29, 0.717) is 34.0 Å². The van der Waals surface area contributed by atoms with Crippen LogP contribution in [0, 0.1) is 0 Å². The van der Waals surface area contributed by atoms with Gasteiger partial charge in [-0.15, -0.1) is 0 Å². The van der Waals surface area contributed by atoms with E-state index in [1.54, 1.807) is 73.8 Å². The molecular weight excluding hydrogens is 412 g/mol. The van der Waals surface area contributed by atoms with E-state index in [9.17, 15) is 14.4 Å². The number of fused-ring (bicyclic) bond motifs is 1. The highest BCUT2D eigenvalue weighted by Crippen LogP contribution is 2.36. The quantitative estimate of drug-likeness (QED) is 0.574. The van der Waals surface area contributed by atoms with Crippen LogP contribution in [-0.2, 0) is 4.79 Å². The summed E-state index contributed by atoms with van der Waals surface area (Å²) < 4.78 is 15.9. The molecule has 1 heterocycles. The van der Waals surface area contributed by atoms with Crippen molar-refractivity contribution < 1.29 is 28.6 Å². The lowest BCUT2D eigenvalue weighted by Crippen LogP contribution is -2.29. The maximum atomic E-state index is 12.8. The topological polar surface area (TPSA) is 94.2 Å². The van der Waals surface area contributed by atoms with Crippen molar-refractivity contribution in [3.63, 3.8) is 0 Å². The Morgan fingerprint density at radius 2 is 1.47 bits per heavy atom. The molecule has 0 saturated carbocycles. The summed E-state index contributed by atoms with van der Waals surface area (Å²) in [5.74, 6) is 0.262. The van der Waals surface area contributed by atoms with Crippen LogP contribution in [-0.4, -0.2) is 38.5 Å². The van der Waals surface area contributed by atoms with Crippen LogP contribution in [0.25, 0.3) is 0 Å². The lowest BCUT2D eigenvalue weighted by atomic mass is 10.1. The van der Waals surface area contributed by atoms with Crippen molar-refractivity contribution in [3.05, 3.63) is 77.9 Å². The molecule has 3 aromatic rings. The van der Waals surface area contributed by atoms with Crippen molar-refractivity contribution >= 4 is 29.1 Å². The predicted octanol–water partition coefficient (Wildman–Crippen LogP) is 3.52. The number of ether oxygens (including phenoxy) is 3. The molecule has 1 aliphatic heterocycles. The second kappa shape index (κ2) is 8.81. The maximum absolute atomic E-state index is 12.8. The van der Waals surface area contributed by atoms with Gasteiger partial charge in [-0.05, 0) is 48.5 Å². The number of carbonyl (C=O) groups is 3. The molecule has 8 nitrogen and oxygen atoms in total. The SMILES string of the molecule is COc1ccc(OCC(=O)Nc2ccc(N3C(=O)c4ccccc4C3=O)c(OC)c2)cc1. The number of anilines is 2. The van der Waals surface area contributed by atoms with Crippen molar-refractivity contribution in [2.45, 2.75) is 0 Å². The van der Waals surface area contributed by atoms with Crippen LogP contribution >= 0.6 is 0 Å². The van der Waals surface area contributed by atoms with Crippen LogP contribution in [0.1, 0.15) is 20.7 Å². The van der Waals surface area contributed by atoms with Crippen molar-refractivity contribution in [2.75, 3.05) is 31.0 Å². The zero-order valence-electron chi connectivity index (χ0n) is 17.5. The third-order valence-corrected chi connectivity index (χ3v) is 4.93. The van der Waals surface area contributed by atoms with Crippen LogP contribution < -0.4 is 24.4 Å². The zero-order valence-corrected chi connectivity index (χ0v) is 17.5. The Hall–Kier alpha value is -4.33. The summed E-state index contributed by atoms with van der Waals surface area (Å²) in [7, 11) is 2.99. The summed E-state index contributed by atoms with van der Waals surface area (Å²) in [5, 5.41) is 2.71. The molecule has 3 amide bonds. The Balaban J connectivity index is 1.46. The molecule has 0 atom stereocenters. The summed E-state index contributed by atoms with van der Waals surface area (Å²) in [6.45, 7) is -0.200. The third kappa shape index (κ3) is 3.98. The first kappa shape index (κ1) is 20.9. The number of rotatable bonds is 7. The van der Waals surface area contributed by atoms with Crippen molar-refractivity contribution in [1.29, 1.82) is 0 Å². The first-order chi connectivity index (χ1) is 15.5. The van der Waals surface area contributed by atoms with Crippen molar-refractivity contribution in [1.82, 2.24) is 0 Å². The van der Waals surface area contributed by atoms with E-state index in [1.807, 2.05) is 0 Å². The van der Waals surface area contributed by atoms with Gasteiger partial charge in [-0.1, -0.05) is 12.1 Å². The van der Waals surface area contributed by atoms with Gasteiger partial charge in [0.25, 0.3) is 17.7 Å². The van der Waals surface area contributed by atoms with Crippen LogP contribution in [0.4, 0.5) is 11.4 Å². The van der Waals surface area contributed by atoms with Gasteiger partial charge in [-0.3, -0.25) is 14.4 Å². The minimum absolute atomic E-state index is 0.200. The number of methoxy groups -OCH3 is 2. The van der Waals surface area contributed by atoms with Crippen molar-refractivity contribution in [3.8, 4) is 17.2 Å². The molecule has 162 valence electrons. The second-order valence-corrected chi connectivity index (χ2v) is 6.89. The Labute approximate surface area is 184 Å². The molecule has 0 saturated heterocycles. The molecule has 1 N–H and O–H groups in total. The fourth-order valence-corrected chi connectivity index (χ4v) is 3.37. The van der Waals surface area contributed by atoms with Gasteiger partial charge in [0.05, 0.1) is 31.0 Å². The van der Waals surface area contributed by atoms with E-state index in [4.69, 9.17) is 14.2 Å². The van der Waals surface area contributed by atoms with E-state index >= 15 is 0 Å². The molecule has 3 aromatic carbocycles. The number of hydrogen-bond acceptors (Lipinski definition) is 6. The number of benzene rings is 3. The second-order valence-electron chi connectivity index (χ2n) is 6.89. The first-order valence-corrected chi connectivity index (χ1v) is 9.74. The number of nitrogens with zero attached hydrogens (tertiary/aromatic N) is 1. The maximum Gasteiger partial charge on any atom is 0.266 e. The van der Waals surface area contributed by atoms with Gasteiger partial charge in [-0.25, -0.2) is 4.90 Å². The molecule has 0 spiro atoms. The highest BCUT2D eigenvalue weighted by molar-refractivity contribution is 6.34. The average Bonchev–Trinajstić information content (AvgIpc) is 3.08. The van der Waals surface area contributed by atoms with Crippen LogP contribution in [0.3, 0.4) is 0 Å². The van der Waals surface area contributed by atoms with E-state index in [1.165, 1.54) is 7.11 Å². The molecule has 0 aliphatic carbocycles. The molecule has 0 unspecified atom stereocenters. The lowest BCUT2D eigenvalue weighted by Gasteiger charge is -2.18. The average molecular weight is 432 g/mol. The summed E-state index contributed by atoms with van der Waals surface area (Å²) in [6, 6.07) is 18.2. The molecule has 0 aromatic heterocycles. The fraction of sp³-hybridized carbons (Fsp3) is 0.125. The lowest BCUT2D eigenvalue weighted by molar-refractivity contribution is -0.118. The summed E-state index contributed by atoms with van der Waals surface area (Å²) >= 11 is 0. The summed E-state index contributed by atoms with van der Waals surface area (Å²) in [6.07, 6.45) is 0. The van der Waals surface area contributed by atoms with E-state index < -0.39 is 11.8 Å². The molecular formula is C24H20N2O6. The standard InChI is InChI=1S/C24H20N2O6/c1-30-16-8-10-17(11-9-16)32-14-22(27)25-15-7-12-20(21(13-15)31-2)26-23(28)18-5-3-4-6-19(18)24(26)29/h3-13H,14H2,1-2H3,(H,25,27). The summed E-state index contributed by atoms with van der Waals surface area (Å²) in [4.78, 5) is 38.9. The van der Waals surface area contributed by atoms with Gasteiger partial charge in [-0.2, -0.15) is 0 Å². The van der Waals surface area contributed by atoms with Gasteiger partial charge in [0.1, 0.15) is 17.2 Å². The molecule has 4 rings (SSSR count). The van der Waals surface area contributed by atoms with E-state index in [-0.39, 0.29) is 18.3 Å². The van der Waals surface area contributed by atoms with Gasteiger partial charge >= 0.3 is 0 Å². The largest absolute Gasteiger partial charge is 0.497 e. The van der Waals surface area contributed by atoms with Gasteiger partial charge in [0.2, 0.25) is 0 Å². The van der Waals surface area contributed by atoms with Gasteiger partial charge in [0, 0.05) is 11.8 Å². The summed E-state index contributed by atoms with van der Waals surface area (Å²) in [5.41, 5.74) is 1.41. The highest BCUT2D eigenvalue weighted by Gasteiger charge is 2.37. The highest BCUT2D eigenvalue weighted by atomic mass is 16.5. The van der Waals surface area contributed by atoms with Crippen LogP contribution in [0.5, 0.6) is 17.2 Å². The van der Waals surface area contributed by atoms with Crippen molar-refractivity contribution in [2.24, 2.45) is 0 Å². The minimum atomic E-state index is -0.423. The van der Waals surface area contributed by atoms with E-state index in [2.05, 4.69) is 5.32 Å². The van der Waals surface area contributed by atoms with Gasteiger partial charge in [0.15, 0.2) is 6.61 Å². The fourth-order valence-electron chi connectivity index (χ4n) is 3.37. The third-order valence-electron chi connectivity index (χ3n) is 4.93. The predicted molar refractivity (Wildman–Crippen MR) is 118 cm³/mol. The molecule has 8 heteroatoms. The Bertz CT molecular complexity index is 1150. The first-order valence-electron chi connectivity index (χ1n) is 9.74. The Morgan fingerprint density at radius 1 is 0.844 bits per heavy atom. The monoisotopic (exact) mass is 432 g/mol. The Morgan fingerprint density at radius 3 is 2.06 bits per heavy atom. The number of nitrogens with one attached hydrogen (secondary N) is 1.